The molecule has 1 aliphatic heterocycles. The summed E-state index contributed by atoms with van der Waals surface area (Å²) in [5.41, 5.74) is 5.94. The highest BCUT2D eigenvalue weighted by Crippen LogP contribution is 2.07. The van der Waals surface area contributed by atoms with Gasteiger partial charge in [0.25, 0.3) is 5.91 Å². The van der Waals surface area contributed by atoms with E-state index in [1.807, 2.05) is 0 Å². The Kier molecular flexibility index (Phi) is 5.71. The van der Waals surface area contributed by atoms with Crippen molar-refractivity contribution in [3.63, 3.8) is 0 Å². The maximum absolute atomic E-state index is 11.9. The van der Waals surface area contributed by atoms with Gasteiger partial charge in [-0.2, -0.15) is 0 Å². The Bertz CT molecular complexity index is 499. The lowest BCUT2D eigenvalue weighted by atomic mass is 10.1. The number of ether oxygens (including phenoxy) is 1. The first kappa shape index (κ1) is 15.5. The van der Waals surface area contributed by atoms with Crippen LogP contribution in [0, 0.1) is 0 Å². The zero-order chi connectivity index (χ0) is 15.1. The van der Waals surface area contributed by atoms with E-state index < -0.39 is 5.91 Å². The summed E-state index contributed by atoms with van der Waals surface area (Å²) in [6.07, 6.45) is 2.30. The minimum absolute atomic E-state index is 0.230. The van der Waals surface area contributed by atoms with E-state index in [1.54, 1.807) is 18.2 Å². The quantitative estimate of drug-likeness (QED) is 0.656. The van der Waals surface area contributed by atoms with Crippen LogP contribution >= 0.6 is 0 Å². The summed E-state index contributed by atoms with van der Waals surface area (Å²) >= 11 is 0. The molecule has 1 fully saturated rings. The predicted octanol–water partition coefficient (Wildman–Crippen LogP) is 0.284. The Hall–Kier alpha value is -1.92. The van der Waals surface area contributed by atoms with E-state index in [9.17, 15) is 9.59 Å². The van der Waals surface area contributed by atoms with Crippen molar-refractivity contribution in [2.45, 2.75) is 18.9 Å². The number of amides is 2. The predicted molar refractivity (Wildman–Crippen MR) is 79.1 cm³/mol. The van der Waals surface area contributed by atoms with Crippen LogP contribution in [0.15, 0.2) is 24.3 Å². The van der Waals surface area contributed by atoms with Crippen LogP contribution < -0.4 is 16.4 Å². The molecule has 114 valence electrons. The lowest BCUT2D eigenvalue weighted by Crippen LogP contribution is -2.34. The molecule has 1 aliphatic rings. The number of nitrogens with two attached hydrogens (primary N) is 1. The fourth-order valence-electron chi connectivity index (χ4n) is 2.27. The molecule has 6 heteroatoms. The van der Waals surface area contributed by atoms with Gasteiger partial charge in [0.1, 0.15) is 0 Å². The van der Waals surface area contributed by atoms with Crippen LogP contribution in [0.3, 0.4) is 0 Å². The highest BCUT2D eigenvalue weighted by Gasteiger charge is 2.13. The number of carbonyl (C=O) groups excluding carboxylic acids is 2. The number of primary amides is 1. The van der Waals surface area contributed by atoms with E-state index in [-0.39, 0.29) is 12.0 Å². The fourth-order valence-corrected chi connectivity index (χ4v) is 2.27. The molecule has 0 atom stereocenters. The second-order valence-corrected chi connectivity index (χ2v) is 5.02. The molecule has 2 amide bonds. The van der Waals surface area contributed by atoms with Crippen molar-refractivity contribution in [3.05, 3.63) is 35.4 Å². The van der Waals surface area contributed by atoms with Gasteiger partial charge in [-0.1, -0.05) is 6.07 Å². The summed E-state index contributed by atoms with van der Waals surface area (Å²) in [7, 11) is 0. The molecule has 6 nitrogen and oxygen atoms in total. The van der Waals surface area contributed by atoms with Crippen molar-refractivity contribution >= 4 is 11.8 Å². The smallest absolute Gasteiger partial charge is 0.251 e. The molecule has 21 heavy (non-hydrogen) atoms. The minimum Gasteiger partial charge on any atom is -0.376 e. The van der Waals surface area contributed by atoms with Gasteiger partial charge in [-0.15, -0.1) is 0 Å². The van der Waals surface area contributed by atoms with Gasteiger partial charge < -0.3 is 21.1 Å². The monoisotopic (exact) mass is 291 g/mol. The number of carbonyl (C=O) groups is 2. The summed E-state index contributed by atoms with van der Waals surface area (Å²) < 4.78 is 5.70. The third kappa shape index (κ3) is 4.84. The highest BCUT2D eigenvalue weighted by molar-refractivity contribution is 5.99. The molecule has 0 spiro atoms. The highest BCUT2D eigenvalue weighted by atomic mass is 16.5. The largest absolute Gasteiger partial charge is 0.376 e. The normalized spacial score (nSPS) is 15.6. The standard InChI is InChI=1S/C15H21N3O3/c16-14(19)11-2-1-3-12(10-11)15(20)18-8-9-21-13-4-6-17-7-5-13/h1-3,10,13,17H,4-9H2,(H2,16,19)(H,18,20). The van der Waals surface area contributed by atoms with Gasteiger partial charge in [0, 0.05) is 17.7 Å². The van der Waals surface area contributed by atoms with Crippen LogP contribution in [-0.2, 0) is 4.74 Å². The SMILES string of the molecule is NC(=O)c1cccc(C(=O)NCCOC2CCNCC2)c1. The molecule has 1 heterocycles. The van der Waals surface area contributed by atoms with Crippen LogP contribution in [0.4, 0.5) is 0 Å². The van der Waals surface area contributed by atoms with Gasteiger partial charge in [0.2, 0.25) is 5.91 Å². The average Bonchev–Trinajstić information content (AvgIpc) is 2.52. The number of hydrogen-bond donors (Lipinski definition) is 3. The molecule has 0 unspecified atom stereocenters. The fraction of sp³-hybridized carbons (Fsp3) is 0.467. The van der Waals surface area contributed by atoms with Crippen LogP contribution in [0.25, 0.3) is 0 Å². The number of hydrogen-bond acceptors (Lipinski definition) is 4. The lowest BCUT2D eigenvalue weighted by Gasteiger charge is -2.22. The minimum atomic E-state index is -0.543. The molecular weight excluding hydrogens is 270 g/mol. The van der Waals surface area contributed by atoms with Gasteiger partial charge in [0.05, 0.1) is 12.7 Å². The van der Waals surface area contributed by atoms with E-state index in [0.717, 1.165) is 25.9 Å². The summed E-state index contributed by atoms with van der Waals surface area (Å²) in [5.74, 6) is -0.772. The molecular formula is C15H21N3O3. The molecule has 0 aliphatic carbocycles. The Morgan fingerprint density at radius 1 is 1.29 bits per heavy atom. The first-order valence-corrected chi connectivity index (χ1v) is 7.17. The Morgan fingerprint density at radius 3 is 2.71 bits per heavy atom. The number of nitrogens with one attached hydrogen (secondary N) is 2. The zero-order valence-electron chi connectivity index (χ0n) is 11.9. The lowest BCUT2D eigenvalue weighted by molar-refractivity contribution is 0.0343. The molecule has 0 radical (unpaired) electrons. The van der Waals surface area contributed by atoms with Crippen molar-refractivity contribution < 1.29 is 14.3 Å². The van der Waals surface area contributed by atoms with Gasteiger partial charge >= 0.3 is 0 Å². The van der Waals surface area contributed by atoms with Gasteiger partial charge in [-0.05, 0) is 44.1 Å². The first-order chi connectivity index (χ1) is 10.2. The molecule has 1 aromatic rings. The number of rotatable bonds is 6. The van der Waals surface area contributed by atoms with E-state index in [1.165, 1.54) is 6.07 Å². The second-order valence-electron chi connectivity index (χ2n) is 5.02. The van der Waals surface area contributed by atoms with Crippen LogP contribution in [-0.4, -0.2) is 44.2 Å². The Morgan fingerprint density at radius 2 is 2.00 bits per heavy atom. The van der Waals surface area contributed by atoms with Crippen molar-refractivity contribution in [2.75, 3.05) is 26.2 Å². The van der Waals surface area contributed by atoms with E-state index in [4.69, 9.17) is 10.5 Å². The summed E-state index contributed by atoms with van der Waals surface area (Å²) in [5, 5.41) is 6.04. The topological polar surface area (TPSA) is 93.5 Å². The summed E-state index contributed by atoms with van der Waals surface area (Å²) in [6, 6.07) is 6.36. The molecule has 0 bridgehead atoms. The van der Waals surface area contributed by atoms with Crippen molar-refractivity contribution in [1.29, 1.82) is 0 Å². The molecule has 1 aromatic carbocycles. The molecule has 2 rings (SSSR count). The third-order valence-electron chi connectivity index (χ3n) is 3.44. The Labute approximate surface area is 124 Å². The summed E-state index contributed by atoms with van der Waals surface area (Å²) in [4.78, 5) is 23.0. The van der Waals surface area contributed by atoms with Crippen LogP contribution in [0.2, 0.25) is 0 Å². The number of benzene rings is 1. The van der Waals surface area contributed by atoms with Crippen molar-refractivity contribution in [3.8, 4) is 0 Å². The molecule has 1 saturated heterocycles. The number of piperidine rings is 1. The summed E-state index contributed by atoms with van der Waals surface area (Å²) in [6.45, 7) is 2.91. The average molecular weight is 291 g/mol. The van der Waals surface area contributed by atoms with Gasteiger partial charge in [-0.25, -0.2) is 0 Å². The third-order valence-corrected chi connectivity index (χ3v) is 3.44. The van der Waals surface area contributed by atoms with E-state index in [0.29, 0.717) is 24.3 Å². The van der Waals surface area contributed by atoms with Crippen LogP contribution in [0.1, 0.15) is 33.6 Å². The van der Waals surface area contributed by atoms with Crippen molar-refractivity contribution in [2.24, 2.45) is 5.73 Å². The van der Waals surface area contributed by atoms with Crippen LogP contribution in [0.5, 0.6) is 0 Å². The second kappa shape index (κ2) is 7.75. The van der Waals surface area contributed by atoms with Gasteiger partial charge in [0.15, 0.2) is 0 Å². The first-order valence-electron chi connectivity index (χ1n) is 7.17. The molecule has 0 saturated carbocycles. The van der Waals surface area contributed by atoms with Gasteiger partial charge in [-0.3, -0.25) is 9.59 Å². The van der Waals surface area contributed by atoms with E-state index in [2.05, 4.69) is 10.6 Å². The maximum atomic E-state index is 11.9. The zero-order valence-corrected chi connectivity index (χ0v) is 11.9. The Balaban J connectivity index is 1.74. The maximum Gasteiger partial charge on any atom is 0.251 e. The molecule has 4 N–H and O–H groups in total. The van der Waals surface area contributed by atoms with Crippen molar-refractivity contribution in [1.82, 2.24) is 10.6 Å². The molecule has 0 aromatic heterocycles. The van der Waals surface area contributed by atoms with E-state index >= 15 is 0 Å².